The summed E-state index contributed by atoms with van der Waals surface area (Å²) in [4.78, 5) is 16.2. The fourth-order valence-electron chi connectivity index (χ4n) is 2.67. The van der Waals surface area contributed by atoms with E-state index in [-0.39, 0.29) is 17.3 Å². The lowest BCUT2D eigenvalue weighted by molar-refractivity contribution is 0.248. The summed E-state index contributed by atoms with van der Waals surface area (Å²) in [5.41, 5.74) is 1.23. The maximum absolute atomic E-state index is 13.2. The van der Waals surface area contributed by atoms with Gasteiger partial charge in [0.05, 0.1) is 0 Å². The minimum absolute atomic E-state index is 0.127. The fourth-order valence-corrected chi connectivity index (χ4v) is 2.67. The zero-order valence-corrected chi connectivity index (χ0v) is 13.4. The largest absolute Gasteiger partial charge is 0.337 e. The second kappa shape index (κ2) is 6.02. The number of anilines is 1. The number of hydrogen-bond acceptors (Lipinski definition) is 2. The highest BCUT2D eigenvalue weighted by Crippen LogP contribution is 2.46. The van der Waals surface area contributed by atoms with Crippen LogP contribution < -0.4 is 10.6 Å². The molecule has 1 heterocycles. The molecule has 3 rings (SSSR count). The average molecular weight is 316 g/mol. The number of imidazole rings is 1. The van der Waals surface area contributed by atoms with Crippen molar-refractivity contribution in [2.24, 2.45) is 5.41 Å². The monoisotopic (exact) mass is 316 g/mol. The van der Waals surface area contributed by atoms with Crippen LogP contribution in [0.4, 0.5) is 14.9 Å². The first-order chi connectivity index (χ1) is 11.0. The molecule has 5 nitrogen and oxygen atoms in total. The Morgan fingerprint density at radius 2 is 2.17 bits per heavy atom. The minimum Gasteiger partial charge on any atom is -0.337 e. The topological polar surface area (TPSA) is 59.0 Å². The van der Waals surface area contributed by atoms with E-state index in [4.69, 9.17) is 0 Å². The lowest BCUT2D eigenvalue weighted by Crippen LogP contribution is -2.35. The number of carbonyl (C=O) groups is 1. The predicted octanol–water partition coefficient (Wildman–Crippen LogP) is 3.24. The van der Waals surface area contributed by atoms with Gasteiger partial charge in [-0.3, -0.25) is 0 Å². The standard InChI is InChI=1S/C17H21FN4O/c1-12-9-14(3-4-15(12)18)21-16(23)20-10-17(5-6-17)11-22-8-7-19-13(22)2/h3-4,7-9H,5-6,10-11H2,1-2H3,(H2,20,21,23). The molecule has 0 radical (unpaired) electrons. The highest BCUT2D eigenvalue weighted by Gasteiger charge is 2.43. The van der Waals surface area contributed by atoms with Crippen molar-refractivity contribution in [1.29, 1.82) is 0 Å². The van der Waals surface area contributed by atoms with Gasteiger partial charge in [0.2, 0.25) is 0 Å². The predicted molar refractivity (Wildman–Crippen MR) is 86.8 cm³/mol. The number of aryl methyl sites for hydroxylation is 2. The third kappa shape index (κ3) is 3.70. The fraction of sp³-hybridized carbons (Fsp3) is 0.412. The van der Waals surface area contributed by atoms with Crippen molar-refractivity contribution < 1.29 is 9.18 Å². The number of halogens is 1. The smallest absolute Gasteiger partial charge is 0.319 e. The quantitative estimate of drug-likeness (QED) is 0.889. The second-order valence-electron chi connectivity index (χ2n) is 6.37. The van der Waals surface area contributed by atoms with Crippen molar-refractivity contribution in [2.75, 3.05) is 11.9 Å². The number of hydrogen-bond donors (Lipinski definition) is 2. The van der Waals surface area contributed by atoms with Crippen LogP contribution >= 0.6 is 0 Å². The SMILES string of the molecule is Cc1cc(NC(=O)NCC2(Cn3ccnc3C)CC2)ccc1F. The number of aromatic nitrogens is 2. The lowest BCUT2D eigenvalue weighted by Gasteiger charge is -2.18. The maximum atomic E-state index is 13.2. The molecule has 0 aliphatic heterocycles. The molecule has 0 atom stereocenters. The molecule has 0 spiro atoms. The van der Waals surface area contributed by atoms with Crippen LogP contribution in [-0.2, 0) is 6.54 Å². The molecule has 1 aromatic heterocycles. The van der Waals surface area contributed by atoms with E-state index in [0.717, 1.165) is 25.2 Å². The molecule has 2 amide bonds. The number of nitrogens with one attached hydrogen (secondary N) is 2. The lowest BCUT2D eigenvalue weighted by atomic mass is 10.1. The number of nitrogens with zero attached hydrogens (tertiary/aromatic N) is 2. The van der Waals surface area contributed by atoms with E-state index in [1.165, 1.54) is 6.07 Å². The highest BCUT2D eigenvalue weighted by atomic mass is 19.1. The number of amides is 2. The summed E-state index contributed by atoms with van der Waals surface area (Å²) < 4.78 is 15.3. The molecular formula is C17H21FN4O. The van der Waals surface area contributed by atoms with Gasteiger partial charge >= 0.3 is 6.03 Å². The van der Waals surface area contributed by atoms with Crippen molar-refractivity contribution in [2.45, 2.75) is 33.2 Å². The van der Waals surface area contributed by atoms with Crippen molar-refractivity contribution in [3.05, 3.63) is 47.8 Å². The third-order valence-corrected chi connectivity index (χ3v) is 4.43. The first-order valence-electron chi connectivity index (χ1n) is 7.76. The summed E-state index contributed by atoms with van der Waals surface area (Å²) in [6, 6.07) is 4.28. The van der Waals surface area contributed by atoms with Crippen LogP contribution in [0.5, 0.6) is 0 Å². The van der Waals surface area contributed by atoms with E-state index in [1.54, 1.807) is 25.3 Å². The first-order valence-corrected chi connectivity index (χ1v) is 7.76. The third-order valence-electron chi connectivity index (χ3n) is 4.43. The maximum Gasteiger partial charge on any atom is 0.319 e. The molecule has 23 heavy (non-hydrogen) atoms. The second-order valence-corrected chi connectivity index (χ2v) is 6.37. The molecule has 2 N–H and O–H groups in total. The summed E-state index contributed by atoms with van der Waals surface area (Å²) in [6.07, 6.45) is 5.96. The van der Waals surface area contributed by atoms with Gasteiger partial charge in [0.25, 0.3) is 0 Å². The molecule has 122 valence electrons. The Bertz CT molecular complexity index is 721. The Morgan fingerprint density at radius 3 is 2.78 bits per heavy atom. The van der Waals surface area contributed by atoms with Crippen LogP contribution in [0.2, 0.25) is 0 Å². The van der Waals surface area contributed by atoms with E-state index in [1.807, 2.05) is 13.1 Å². The highest BCUT2D eigenvalue weighted by molar-refractivity contribution is 5.89. The van der Waals surface area contributed by atoms with Crippen LogP contribution in [0.1, 0.15) is 24.2 Å². The van der Waals surface area contributed by atoms with Gasteiger partial charge in [-0.1, -0.05) is 0 Å². The molecule has 1 aliphatic carbocycles. The van der Waals surface area contributed by atoms with E-state index in [0.29, 0.717) is 17.8 Å². The van der Waals surface area contributed by atoms with Crippen molar-refractivity contribution >= 4 is 11.7 Å². The van der Waals surface area contributed by atoms with Gasteiger partial charge in [0, 0.05) is 36.6 Å². The van der Waals surface area contributed by atoms with Crippen LogP contribution in [-0.4, -0.2) is 22.1 Å². The van der Waals surface area contributed by atoms with E-state index in [9.17, 15) is 9.18 Å². The van der Waals surface area contributed by atoms with Crippen LogP contribution in [0.25, 0.3) is 0 Å². The van der Waals surface area contributed by atoms with Gasteiger partial charge in [-0.2, -0.15) is 0 Å². The summed E-state index contributed by atoms with van der Waals surface area (Å²) >= 11 is 0. The summed E-state index contributed by atoms with van der Waals surface area (Å²) in [7, 11) is 0. The van der Waals surface area contributed by atoms with E-state index in [2.05, 4.69) is 20.2 Å². The molecule has 1 saturated carbocycles. The van der Waals surface area contributed by atoms with Gasteiger partial charge in [0.15, 0.2) is 0 Å². The number of rotatable bonds is 5. The van der Waals surface area contributed by atoms with Crippen molar-refractivity contribution in [1.82, 2.24) is 14.9 Å². The number of carbonyl (C=O) groups excluding carboxylic acids is 1. The van der Waals surface area contributed by atoms with Crippen LogP contribution in [0.15, 0.2) is 30.6 Å². The van der Waals surface area contributed by atoms with Gasteiger partial charge < -0.3 is 15.2 Å². The Labute approximate surface area is 134 Å². The van der Waals surface area contributed by atoms with Gasteiger partial charge in [0.1, 0.15) is 11.6 Å². The molecule has 0 saturated heterocycles. The molecule has 2 aromatic rings. The Balaban J connectivity index is 1.52. The molecule has 1 fully saturated rings. The average Bonchev–Trinajstić information content (AvgIpc) is 3.17. The molecule has 1 aliphatic rings. The Kier molecular flexibility index (Phi) is 4.07. The van der Waals surface area contributed by atoms with Gasteiger partial charge in [-0.15, -0.1) is 0 Å². The number of urea groups is 1. The Hall–Kier alpha value is -2.37. The van der Waals surface area contributed by atoms with Crippen LogP contribution in [0, 0.1) is 25.1 Å². The molecule has 0 bridgehead atoms. The molecular weight excluding hydrogens is 295 g/mol. The van der Waals surface area contributed by atoms with Crippen molar-refractivity contribution in [3.8, 4) is 0 Å². The minimum atomic E-state index is -0.274. The van der Waals surface area contributed by atoms with Crippen LogP contribution in [0.3, 0.4) is 0 Å². The summed E-state index contributed by atoms with van der Waals surface area (Å²) in [5.74, 6) is 0.714. The molecule has 6 heteroatoms. The normalized spacial score (nSPS) is 15.3. The van der Waals surface area contributed by atoms with Gasteiger partial charge in [-0.05, 0) is 50.5 Å². The summed E-state index contributed by atoms with van der Waals surface area (Å²) in [5, 5.41) is 5.67. The van der Waals surface area contributed by atoms with Gasteiger partial charge in [-0.25, -0.2) is 14.2 Å². The van der Waals surface area contributed by atoms with E-state index < -0.39 is 0 Å². The number of benzene rings is 1. The molecule has 1 aromatic carbocycles. The Morgan fingerprint density at radius 1 is 1.39 bits per heavy atom. The van der Waals surface area contributed by atoms with Crippen molar-refractivity contribution in [3.63, 3.8) is 0 Å². The van der Waals surface area contributed by atoms with E-state index >= 15 is 0 Å². The summed E-state index contributed by atoms with van der Waals surface area (Å²) in [6.45, 7) is 5.14. The first kappa shape index (κ1) is 15.5. The zero-order chi connectivity index (χ0) is 16.4. The zero-order valence-electron chi connectivity index (χ0n) is 13.4. The molecule has 0 unspecified atom stereocenters.